The van der Waals surface area contributed by atoms with Crippen LogP contribution in [0.5, 0.6) is 0 Å². The van der Waals surface area contributed by atoms with Crippen molar-refractivity contribution in [3.8, 4) is 16.8 Å². The van der Waals surface area contributed by atoms with E-state index in [4.69, 9.17) is 0 Å². The molecule has 0 bridgehead atoms. The summed E-state index contributed by atoms with van der Waals surface area (Å²) in [7, 11) is -2.79. The van der Waals surface area contributed by atoms with E-state index in [-0.39, 0.29) is 0 Å². The molecule has 1 aliphatic rings. The van der Waals surface area contributed by atoms with E-state index in [1.165, 1.54) is 70.5 Å². The molecule has 0 aliphatic heterocycles. The van der Waals surface area contributed by atoms with Crippen LogP contribution < -0.4 is 20.7 Å². The molecule has 0 saturated carbocycles. The molecule has 0 atom stereocenters. The fourth-order valence-corrected chi connectivity index (χ4v) is 13.0. The van der Waals surface area contributed by atoms with Gasteiger partial charge in [-0.05, 0) is 73.7 Å². The maximum Gasteiger partial charge on any atom is 0.180 e. The van der Waals surface area contributed by atoms with Crippen LogP contribution in [0.3, 0.4) is 0 Å². The third kappa shape index (κ3) is 3.86. The molecule has 0 spiro atoms. The normalized spacial score (nSPS) is 12.4. The molecule has 212 valence electrons. The summed E-state index contributed by atoms with van der Waals surface area (Å²) in [5.74, 6) is 0. The molecule has 1 nitrogen and oxygen atoms in total. The lowest BCUT2D eigenvalue weighted by molar-refractivity contribution is 1.18. The first-order chi connectivity index (χ1) is 22.3. The lowest BCUT2D eigenvalue weighted by atomic mass is 10.0. The van der Waals surface area contributed by atoms with Crippen molar-refractivity contribution in [2.24, 2.45) is 0 Å². The van der Waals surface area contributed by atoms with Gasteiger partial charge in [-0.25, -0.2) is 0 Å². The van der Waals surface area contributed by atoms with Gasteiger partial charge >= 0.3 is 0 Å². The molecule has 0 radical (unpaired) electrons. The van der Waals surface area contributed by atoms with Crippen molar-refractivity contribution >= 4 is 50.6 Å². The Hall–Kier alpha value is -5.44. The van der Waals surface area contributed by atoms with E-state index >= 15 is 0 Å². The van der Waals surface area contributed by atoms with Crippen molar-refractivity contribution in [1.29, 1.82) is 0 Å². The minimum absolute atomic E-state index is 0.940. The highest BCUT2D eigenvalue weighted by Crippen LogP contribution is 2.40. The predicted octanol–water partition coefficient (Wildman–Crippen LogP) is 7.73. The highest BCUT2D eigenvalue weighted by atomic mass is 28.3. The molecule has 0 N–H and O–H groups in total. The van der Waals surface area contributed by atoms with Crippen molar-refractivity contribution in [2.75, 3.05) is 0 Å². The first-order valence-corrected chi connectivity index (χ1v) is 17.7. The molecule has 0 unspecified atom stereocenters. The summed E-state index contributed by atoms with van der Waals surface area (Å²) < 4.78 is 2.50. The van der Waals surface area contributed by atoms with Crippen LogP contribution in [-0.4, -0.2) is 12.6 Å². The van der Waals surface area contributed by atoms with E-state index in [2.05, 4.69) is 180 Å². The van der Waals surface area contributed by atoms with Gasteiger partial charge in [-0.15, -0.1) is 0 Å². The summed E-state index contributed by atoms with van der Waals surface area (Å²) in [5, 5.41) is 8.25. The lowest BCUT2D eigenvalue weighted by Gasteiger charge is -2.36. The Morgan fingerprint density at radius 2 is 0.889 bits per heavy atom. The van der Waals surface area contributed by atoms with Crippen LogP contribution in [0.1, 0.15) is 11.1 Å². The number of hydrogen-bond acceptors (Lipinski definition) is 0. The molecule has 0 fully saturated rings. The Morgan fingerprint density at radius 3 is 1.44 bits per heavy atom. The first-order valence-electron chi connectivity index (χ1n) is 15.7. The number of para-hydroxylation sites is 2. The summed E-state index contributed by atoms with van der Waals surface area (Å²) in [5.41, 5.74) is 9.28. The zero-order valence-corrected chi connectivity index (χ0v) is 25.9. The molecule has 1 aromatic heterocycles. The summed E-state index contributed by atoms with van der Waals surface area (Å²) in [4.78, 5) is 0. The maximum absolute atomic E-state index is 2.79. The van der Waals surface area contributed by atoms with Gasteiger partial charge in [-0.1, -0.05) is 152 Å². The monoisotopic (exact) mass is 589 g/mol. The molecule has 9 rings (SSSR count). The number of nitrogens with zero attached hydrogens (tertiary/aromatic N) is 1. The van der Waals surface area contributed by atoms with Gasteiger partial charge < -0.3 is 4.57 Å². The summed E-state index contributed by atoms with van der Waals surface area (Å²) in [6.45, 7) is 0. The second kappa shape index (κ2) is 10.3. The lowest BCUT2D eigenvalue weighted by Crippen LogP contribution is -2.75. The fraction of sp³-hybridized carbons (Fsp3) is 0.0233. The molecule has 1 aliphatic carbocycles. The Kier molecular flexibility index (Phi) is 5.97. The van der Waals surface area contributed by atoms with Crippen LogP contribution in [0.15, 0.2) is 176 Å². The minimum atomic E-state index is -2.79. The van der Waals surface area contributed by atoms with Crippen LogP contribution in [0.2, 0.25) is 0 Å². The number of aromatic nitrogens is 1. The van der Waals surface area contributed by atoms with Crippen LogP contribution in [0.25, 0.3) is 38.6 Å². The van der Waals surface area contributed by atoms with Crippen molar-refractivity contribution in [3.05, 3.63) is 187 Å². The topological polar surface area (TPSA) is 4.93 Å². The average molecular weight is 590 g/mol. The minimum Gasteiger partial charge on any atom is -0.309 e. The smallest absolute Gasteiger partial charge is 0.180 e. The third-order valence-corrected chi connectivity index (χ3v) is 14.6. The molecule has 8 aromatic rings. The number of rotatable bonds is 5. The predicted molar refractivity (Wildman–Crippen MR) is 193 cm³/mol. The van der Waals surface area contributed by atoms with Gasteiger partial charge in [0.25, 0.3) is 0 Å². The Labute approximate surface area is 264 Å². The molecule has 0 saturated heterocycles. The summed E-state index contributed by atoms with van der Waals surface area (Å²) in [6.07, 6.45) is 0.940. The second-order valence-corrected chi connectivity index (χ2v) is 15.8. The van der Waals surface area contributed by atoms with E-state index in [1.807, 2.05) is 0 Å². The SMILES string of the molecule is c1ccc([Si](c2ccccc2)(c2ccccc2)c2cc(-n3c4ccccc4c4ccccc43)cc3c2Cc2ccccc2-3)cc1. The molecular weight excluding hydrogens is 559 g/mol. The third-order valence-electron chi connectivity index (χ3n) is 9.77. The molecular formula is C43H31NSi. The van der Waals surface area contributed by atoms with E-state index in [1.54, 1.807) is 0 Å². The number of benzene rings is 7. The summed E-state index contributed by atoms with van der Waals surface area (Å²) >= 11 is 0. The van der Waals surface area contributed by atoms with Gasteiger partial charge in [0, 0.05) is 16.5 Å². The molecule has 2 heteroatoms. The zero-order valence-electron chi connectivity index (χ0n) is 24.9. The largest absolute Gasteiger partial charge is 0.309 e. The van der Waals surface area contributed by atoms with Gasteiger partial charge in [-0.3, -0.25) is 0 Å². The van der Waals surface area contributed by atoms with Crippen molar-refractivity contribution in [2.45, 2.75) is 6.42 Å². The van der Waals surface area contributed by atoms with Gasteiger partial charge in [-0.2, -0.15) is 0 Å². The number of fused-ring (bicyclic) bond motifs is 6. The van der Waals surface area contributed by atoms with Crippen molar-refractivity contribution in [1.82, 2.24) is 4.57 Å². The quantitative estimate of drug-likeness (QED) is 0.143. The Balaban J connectivity index is 1.48. The Morgan fingerprint density at radius 1 is 0.422 bits per heavy atom. The van der Waals surface area contributed by atoms with Gasteiger partial charge in [0.1, 0.15) is 0 Å². The van der Waals surface area contributed by atoms with Crippen LogP contribution in [-0.2, 0) is 6.42 Å². The van der Waals surface area contributed by atoms with E-state index in [9.17, 15) is 0 Å². The first kappa shape index (κ1) is 26.0. The summed E-state index contributed by atoms with van der Waals surface area (Å²) in [6, 6.07) is 65.7. The van der Waals surface area contributed by atoms with Gasteiger partial charge in [0.15, 0.2) is 8.07 Å². The van der Waals surface area contributed by atoms with Gasteiger partial charge in [0.2, 0.25) is 0 Å². The fourth-order valence-electron chi connectivity index (χ4n) is 7.91. The average Bonchev–Trinajstić information content (AvgIpc) is 3.66. The second-order valence-electron chi connectivity index (χ2n) is 12.1. The Bertz CT molecular complexity index is 2190. The van der Waals surface area contributed by atoms with Crippen LogP contribution in [0, 0.1) is 0 Å². The number of hydrogen-bond donors (Lipinski definition) is 0. The maximum atomic E-state index is 2.56. The van der Waals surface area contributed by atoms with Crippen molar-refractivity contribution in [3.63, 3.8) is 0 Å². The molecule has 0 amide bonds. The zero-order chi connectivity index (χ0) is 29.8. The van der Waals surface area contributed by atoms with Gasteiger partial charge in [0.05, 0.1) is 11.0 Å². The van der Waals surface area contributed by atoms with Crippen LogP contribution in [0.4, 0.5) is 0 Å². The molecule has 1 heterocycles. The standard InChI is InChI=1S/C43H31NSi/c1-4-17-33(18-5-1)45(34-19-6-2-7-20-34,35-21-8-3-9-22-35)43-30-32(29-39-36-23-11-10-16-31(36)28-40(39)43)44-41-26-14-12-24-37(41)38-25-13-15-27-42(38)44/h1-27,29-30H,28H2. The highest BCUT2D eigenvalue weighted by molar-refractivity contribution is 7.20. The molecule has 45 heavy (non-hydrogen) atoms. The van der Waals surface area contributed by atoms with E-state index in [0.29, 0.717) is 0 Å². The van der Waals surface area contributed by atoms with E-state index < -0.39 is 8.07 Å². The molecule has 7 aromatic carbocycles. The highest BCUT2D eigenvalue weighted by Gasteiger charge is 2.44. The van der Waals surface area contributed by atoms with Crippen LogP contribution >= 0.6 is 0 Å². The van der Waals surface area contributed by atoms with E-state index in [0.717, 1.165) is 6.42 Å². The van der Waals surface area contributed by atoms with Crippen molar-refractivity contribution < 1.29 is 0 Å².